The summed E-state index contributed by atoms with van der Waals surface area (Å²) in [6, 6.07) is 13.4. The number of hydrogen-bond donors (Lipinski definition) is 0. The lowest BCUT2D eigenvalue weighted by atomic mass is 10.2. The van der Waals surface area contributed by atoms with Crippen LogP contribution in [0.15, 0.2) is 73.4 Å². The highest BCUT2D eigenvalue weighted by Gasteiger charge is 2.19. The Bertz CT molecular complexity index is 1490. The van der Waals surface area contributed by atoms with Crippen molar-refractivity contribution in [1.29, 1.82) is 0 Å². The van der Waals surface area contributed by atoms with E-state index in [9.17, 15) is 0 Å². The van der Waals surface area contributed by atoms with Gasteiger partial charge in [-0.2, -0.15) is 0 Å². The molecular weight excluding hydrogens is 488 g/mol. The average molecular weight is 515 g/mol. The second kappa shape index (κ2) is 10.8. The van der Waals surface area contributed by atoms with Crippen molar-refractivity contribution in [3.63, 3.8) is 0 Å². The van der Waals surface area contributed by atoms with Crippen LogP contribution in [0, 0.1) is 0 Å². The van der Waals surface area contributed by atoms with E-state index in [-0.39, 0.29) is 0 Å². The molecular formula is C26H26N8O2S. The summed E-state index contributed by atoms with van der Waals surface area (Å²) >= 11 is 1.54. The average Bonchev–Trinajstić information content (AvgIpc) is 3.36. The number of methoxy groups -OCH3 is 2. The molecule has 0 amide bonds. The zero-order valence-corrected chi connectivity index (χ0v) is 21.8. The molecule has 1 aromatic carbocycles. The molecule has 188 valence electrons. The normalized spacial score (nSPS) is 11.2. The highest BCUT2D eigenvalue weighted by Crippen LogP contribution is 2.34. The maximum atomic E-state index is 5.54. The molecule has 0 spiro atoms. The Labute approximate surface area is 219 Å². The molecule has 5 rings (SSSR count). The van der Waals surface area contributed by atoms with E-state index >= 15 is 0 Å². The second-order valence-corrected chi connectivity index (χ2v) is 9.52. The first-order valence-electron chi connectivity index (χ1n) is 11.5. The van der Waals surface area contributed by atoms with Crippen molar-refractivity contribution in [3.05, 3.63) is 79.3 Å². The van der Waals surface area contributed by atoms with Crippen LogP contribution >= 0.6 is 12.1 Å². The van der Waals surface area contributed by atoms with Crippen LogP contribution in [0.4, 0.5) is 11.5 Å². The lowest BCUT2D eigenvalue weighted by Crippen LogP contribution is -2.21. The molecule has 4 aromatic heterocycles. The van der Waals surface area contributed by atoms with Crippen LogP contribution in [0.5, 0.6) is 11.5 Å². The summed E-state index contributed by atoms with van der Waals surface area (Å²) in [4.78, 5) is 25.1. The molecule has 0 saturated heterocycles. The summed E-state index contributed by atoms with van der Waals surface area (Å²) in [7, 11) is 7.24. The van der Waals surface area contributed by atoms with E-state index in [1.807, 2.05) is 71.0 Å². The van der Waals surface area contributed by atoms with E-state index in [1.54, 1.807) is 51.1 Å². The fraction of sp³-hybridized carbons (Fsp3) is 0.192. The minimum atomic E-state index is 0.443. The fourth-order valence-corrected chi connectivity index (χ4v) is 4.43. The zero-order valence-electron chi connectivity index (χ0n) is 20.9. The maximum Gasteiger partial charge on any atom is 0.180 e. The molecule has 0 fully saturated rings. The lowest BCUT2D eigenvalue weighted by molar-refractivity contribution is 0.394. The number of rotatable bonds is 9. The molecule has 11 heteroatoms. The second-order valence-electron chi connectivity index (χ2n) is 8.23. The molecule has 4 heterocycles. The summed E-state index contributed by atoms with van der Waals surface area (Å²) in [6.07, 6.45) is 8.95. The number of fused-ring (bicyclic) bond motifs is 1. The first-order chi connectivity index (χ1) is 18.0. The van der Waals surface area contributed by atoms with Gasteiger partial charge in [0.1, 0.15) is 28.7 Å². The Kier molecular flexibility index (Phi) is 7.15. The monoisotopic (exact) mass is 514 g/mol. The molecule has 0 atom stereocenters. The number of hydrogen-bond acceptors (Lipinski definition) is 10. The van der Waals surface area contributed by atoms with E-state index in [4.69, 9.17) is 19.4 Å². The van der Waals surface area contributed by atoms with Gasteiger partial charge in [0.2, 0.25) is 0 Å². The van der Waals surface area contributed by atoms with Crippen molar-refractivity contribution in [2.45, 2.75) is 6.54 Å². The molecule has 0 aliphatic heterocycles. The van der Waals surface area contributed by atoms with E-state index in [0.717, 1.165) is 17.1 Å². The summed E-state index contributed by atoms with van der Waals surface area (Å²) in [5, 5.41) is 0. The van der Waals surface area contributed by atoms with Crippen molar-refractivity contribution >= 4 is 34.8 Å². The maximum absolute atomic E-state index is 5.54. The highest BCUT2D eigenvalue weighted by molar-refractivity contribution is 7.95. The summed E-state index contributed by atoms with van der Waals surface area (Å²) in [5.41, 5.74) is 3.65. The summed E-state index contributed by atoms with van der Waals surface area (Å²) in [5.74, 6) is 2.87. The number of anilines is 2. The molecule has 5 aromatic rings. The van der Waals surface area contributed by atoms with Crippen LogP contribution in [0.25, 0.3) is 22.4 Å². The summed E-state index contributed by atoms with van der Waals surface area (Å²) in [6.45, 7) is 0.443. The van der Waals surface area contributed by atoms with Crippen LogP contribution in [-0.4, -0.2) is 61.5 Å². The Morgan fingerprint density at radius 1 is 0.919 bits per heavy atom. The SMILES string of the molecule is COc1cc(OC)cc(N(Cc2nccn2SN(C)C)c2ccc3ncc(-c4cccnc4)nc3n2)c1. The van der Waals surface area contributed by atoms with Gasteiger partial charge in [-0.05, 0) is 38.4 Å². The van der Waals surface area contributed by atoms with Gasteiger partial charge in [-0.15, -0.1) is 0 Å². The number of imidazole rings is 1. The van der Waals surface area contributed by atoms with Crippen LogP contribution < -0.4 is 14.4 Å². The fourth-order valence-electron chi connectivity index (χ4n) is 3.77. The third kappa shape index (κ3) is 5.47. The van der Waals surface area contributed by atoms with E-state index < -0.39 is 0 Å². The molecule has 37 heavy (non-hydrogen) atoms. The van der Waals surface area contributed by atoms with E-state index in [2.05, 4.69) is 19.9 Å². The van der Waals surface area contributed by atoms with Crippen molar-refractivity contribution in [3.8, 4) is 22.8 Å². The molecule has 0 aliphatic carbocycles. The van der Waals surface area contributed by atoms with Gasteiger partial charge in [0.05, 0.1) is 38.3 Å². The van der Waals surface area contributed by atoms with Crippen molar-refractivity contribution < 1.29 is 9.47 Å². The van der Waals surface area contributed by atoms with E-state index in [1.165, 1.54) is 0 Å². The van der Waals surface area contributed by atoms with Gasteiger partial charge < -0.3 is 14.4 Å². The van der Waals surface area contributed by atoms with E-state index in [0.29, 0.717) is 40.7 Å². The first kappa shape index (κ1) is 24.5. The van der Waals surface area contributed by atoms with Crippen molar-refractivity contribution in [2.24, 2.45) is 0 Å². The van der Waals surface area contributed by atoms with Gasteiger partial charge in [-0.1, -0.05) is 0 Å². The molecule has 10 nitrogen and oxygen atoms in total. The lowest BCUT2D eigenvalue weighted by Gasteiger charge is -2.25. The molecule has 0 unspecified atom stereocenters. The Morgan fingerprint density at radius 3 is 2.43 bits per heavy atom. The number of benzene rings is 1. The molecule has 0 saturated carbocycles. The number of aromatic nitrogens is 6. The van der Waals surface area contributed by atoms with Crippen LogP contribution in [0.1, 0.15) is 5.82 Å². The quantitative estimate of drug-likeness (QED) is 0.260. The predicted molar refractivity (Wildman–Crippen MR) is 145 cm³/mol. The molecule has 0 aliphatic rings. The Balaban J connectivity index is 1.61. The van der Waals surface area contributed by atoms with Crippen LogP contribution in [-0.2, 0) is 6.54 Å². The Morgan fingerprint density at radius 2 is 1.73 bits per heavy atom. The first-order valence-corrected chi connectivity index (χ1v) is 12.2. The third-order valence-corrected chi connectivity index (χ3v) is 6.34. The largest absolute Gasteiger partial charge is 0.497 e. The smallest absolute Gasteiger partial charge is 0.180 e. The molecule has 0 N–H and O–H groups in total. The minimum Gasteiger partial charge on any atom is -0.497 e. The molecule has 0 radical (unpaired) electrons. The van der Waals surface area contributed by atoms with Crippen LogP contribution in [0.2, 0.25) is 0 Å². The standard InChI is InChI=1S/C26H26N8O2S/c1-32(2)37-34-11-10-28-25(34)17-33(19-12-20(35-3)14-21(13-19)36-4)24-8-7-22-26(31-24)30-23(16-29-22)18-6-5-9-27-15-18/h5-16H,17H2,1-4H3. The topological polar surface area (TPSA) is 94.3 Å². The predicted octanol–water partition coefficient (Wildman–Crippen LogP) is 4.61. The highest BCUT2D eigenvalue weighted by atomic mass is 32.2. The van der Waals surface area contributed by atoms with Gasteiger partial charge >= 0.3 is 0 Å². The van der Waals surface area contributed by atoms with Gasteiger partial charge in [0.15, 0.2) is 5.65 Å². The number of nitrogens with zero attached hydrogens (tertiary/aromatic N) is 8. The zero-order chi connectivity index (χ0) is 25.8. The van der Waals surface area contributed by atoms with Crippen molar-refractivity contribution in [1.82, 2.24) is 33.2 Å². The Hall–Kier alpha value is -4.22. The number of pyridine rings is 2. The van der Waals surface area contributed by atoms with Gasteiger partial charge in [-0.25, -0.2) is 19.3 Å². The summed E-state index contributed by atoms with van der Waals surface area (Å²) < 4.78 is 15.1. The van der Waals surface area contributed by atoms with Gasteiger partial charge in [-0.3, -0.25) is 13.9 Å². The van der Waals surface area contributed by atoms with Gasteiger partial charge in [0.25, 0.3) is 0 Å². The third-order valence-electron chi connectivity index (χ3n) is 5.50. The van der Waals surface area contributed by atoms with Crippen molar-refractivity contribution in [2.75, 3.05) is 33.2 Å². The number of ether oxygens (including phenoxy) is 2. The molecule has 0 bridgehead atoms. The minimum absolute atomic E-state index is 0.443. The van der Waals surface area contributed by atoms with Gasteiger partial charge in [0, 0.05) is 60.7 Å². The van der Waals surface area contributed by atoms with Crippen LogP contribution in [0.3, 0.4) is 0 Å².